The summed E-state index contributed by atoms with van der Waals surface area (Å²) in [6.07, 6.45) is 5.66. The van der Waals surface area contributed by atoms with Gasteiger partial charge < -0.3 is 19.7 Å². The number of amides is 2. The molecule has 6 heteroatoms. The number of carbonyl (C=O) groups excluding carboxylic acids is 1. The number of aryl methyl sites for hydroxylation is 1. The fourth-order valence-electron chi connectivity index (χ4n) is 5.14. The zero-order valence-electron chi connectivity index (χ0n) is 18.3. The van der Waals surface area contributed by atoms with E-state index in [1.165, 1.54) is 19.3 Å². The number of rotatable bonds is 4. The number of urea groups is 1. The number of para-hydroxylation sites is 4. The SMILES string of the molecule is CCn1c(C2CCCN2C(=O)Nc2ccccc2N2CCCCC2)nc2ccccc21. The third-order valence-electron chi connectivity index (χ3n) is 6.65. The summed E-state index contributed by atoms with van der Waals surface area (Å²) in [7, 11) is 0. The van der Waals surface area contributed by atoms with E-state index in [1.54, 1.807) is 0 Å². The van der Waals surface area contributed by atoms with Crippen molar-refractivity contribution in [3.63, 3.8) is 0 Å². The lowest BCUT2D eigenvalue weighted by Crippen LogP contribution is -2.36. The van der Waals surface area contributed by atoms with Crippen LogP contribution in [0, 0.1) is 0 Å². The van der Waals surface area contributed by atoms with Crippen molar-refractivity contribution in [1.82, 2.24) is 14.5 Å². The molecule has 0 aliphatic carbocycles. The largest absolute Gasteiger partial charge is 0.370 e. The lowest BCUT2D eigenvalue weighted by Gasteiger charge is -2.31. The monoisotopic (exact) mass is 417 g/mol. The zero-order valence-corrected chi connectivity index (χ0v) is 18.3. The third kappa shape index (κ3) is 3.75. The van der Waals surface area contributed by atoms with Gasteiger partial charge in [0.1, 0.15) is 5.82 Å². The van der Waals surface area contributed by atoms with Gasteiger partial charge in [-0.1, -0.05) is 24.3 Å². The van der Waals surface area contributed by atoms with Crippen LogP contribution in [0.15, 0.2) is 48.5 Å². The summed E-state index contributed by atoms with van der Waals surface area (Å²) < 4.78 is 2.26. The van der Waals surface area contributed by atoms with Crippen LogP contribution in [-0.4, -0.2) is 40.1 Å². The molecular weight excluding hydrogens is 386 g/mol. The average molecular weight is 418 g/mol. The molecule has 3 heterocycles. The first-order chi connectivity index (χ1) is 15.3. The predicted molar refractivity (Wildman–Crippen MR) is 126 cm³/mol. The molecule has 1 N–H and O–H groups in total. The molecule has 6 nitrogen and oxygen atoms in total. The number of fused-ring (bicyclic) bond motifs is 1. The summed E-state index contributed by atoms with van der Waals surface area (Å²) in [4.78, 5) is 22.7. The molecule has 0 radical (unpaired) electrons. The first-order valence-corrected chi connectivity index (χ1v) is 11.6. The van der Waals surface area contributed by atoms with E-state index in [9.17, 15) is 4.79 Å². The first kappa shape index (κ1) is 19.9. The molecule has 0 spiro atoms. The van der Waals surface area contributed by atoms with E-state index in [-0.39, 0.29) is 12.1 Å². The van der Waals surface area contributed by atoms with Crippen LogP contribution >= 0.6 is 0 Å². The van der Waals surface area contributed by atoms with Crippen LogP contribution in [0.3, 0.4) is 0 Å². The number of nitrogens with one attached hydrogen (secondary N) is 1. The topological polar surface area (TPSA) is 53.4 Å². The van der Waals surface area contributed by atoms with Crippen molar-refractivity contribution in [3.8, 4) is 0 Å². The van der Waals surface area contributed by atoms with Crippen molar-refractivity contribution in [3.05, 3.63) is 54.4 Å². The van der Waals surface area contributed by atoms with Crippen molar-refractivity contribution in [2.24, 2.45) is 0 Å². The molecular formula is C25H31N5O. The van der Waals surface area contributed by atoms with Gasteiger partial charge in [0, 0.05) is 26.2 Å². The second-order valence-corrected chi connectivity index (χ2v) is 8.55. The summed E-state index contributed by atoms with van der Waals surface area (Å²) in [6, 6.07) is 16.4. The Kier molecular flexibility index (Phi) is 5.53. The molecule has 162 valence electrons. The van der Waals surface area contributed by atoms with Gasteiger partial charge in [-0.15, -0.1) is 0 Å². The summed E-state index contributed by atoms with van der Waals surface area (Å²) in [5.41, 5.74) is 4.18. The van der Waals surface area contributed by atoms with Crippen LogP contribution in [0.5, 0.6) is 0 Å². The lowest BCUT2D eigenvalue weighted by atomic mass is 10.1. The Morgan fingerprint density at radius 2 is 1.77 bits per heavy atom. The van der Waals surface area contributed by atoms with E-state index in [2.05, 4.69) is 52.0 Å². The van der Waals surface area contributed by atoms with E-state index in [0.717, 1.165) is 67.3 Å². The molecule has 1 unspecified atom stereocenters. The van der Waals surface area contributed by atoms with Crippen LogP contribution in [0.1, 0.15) is 50.9 Å². The number of benzene rings is 2. The maximum atomic E-state index is 13.4. The average Bonchev–Trinajstić information content (AvgIpc) is 3.44. The quantitative estimate of drug-likeness (QED) is 0.617. The highest BCUT2D eigenvalue weighted by atomic mass is 16.2. The molecule has 2 amide bonds. The fourth-order valence-corrected chi connectivity index (χ4v) is 5.14. The van der Waals surface area contributed by atoms with Gasteiger partial charge in [-0.2, -0.15) is 0 Å². The molecule has 2 aliphatic rings. The minimum atomic E-state index is -0.0262. The predicted octanol–water partition coefficient (Wildman–Crippen LogP) is 5.42. The highest BCUT2D eigenvalue weighted by Gasteiger charge is 2.34. The van der Waals surface area contributed by atoms with Crippen LogP contribution in [0.4, 0.5) is 16.2 Å². The number of hydrogen-bond donors (Lipinski definition) is 1. The molecule has 31 heavy (non-hydrogen) atoms. The van der Waals surface area contributed by atoms with Crippen molar-refractivity contribution in [1.29, 1.82) is 0 Å². The Balaban J connectivity index is 1.40. The number of piperidine rings is 1. The highest BCUT2D eigenvalue weighted by Crippen LogP contribution is 2.35. The van der Waals surface area contributed by atoms with E-state index in [4.69, 9.17) is 4.98 Å². The summed E-state index contributed by atoms with van der Waals surface area (Å²) in [5.74, 6) is 1.00. The van der Waals surface area contributed by atoms with Gasteiger partial charge in [0.05, 0.1) is 28.5 Å². The third-order valence-corrected chi connectivity index (χ3v) is 6.65. The maximum Gasteiger partial charge on any atom is 0.322 e. The molecule has 3 aromatic rings. The van der Waals surface area contributed by atoms with Gasteiger partial charge in [0.25, 0.3) is 0 Å². The maximum absolute atomic E-state index is 13.4. The summed E-state index contributed by atoms with van der Waals surface area (Å²) in [6.45, 7) is 5.86. The molecule has 2 saturated heterocycles. The second kappa shape index (κ2) is 8.61. The van der Waals surface area contributed by atoms with Crippen molar-refractivity contribution in [2.45, 2.75) is 51.6 Å². The number of hydrogen-bond acceptors (Lipinski definition) is 3. The summed E-state index contributed by atoms with van der Waals surface area (Å²) in [5, 5.41) is 3.23. The molecule has 2 aromatic carbocycles. The van der Waals surface area contributed by atoms with Gasteiger partial charge in [-0.3, -0.25) is 0 Å². The number of imidazole rings is 1. The zero-order chi connectivity index (χ0) is 21.2. The van der Waals surface area contributed by atoms with Gasteiger partial charge in [-0.05, 0) is 63.3 Å². The Hall–Kier alpha value is -3.02. The standard InChI is InChI=1S/C25H31N5O/c1-2-29-22-14-7-5-12-20(22)26-24(29)23-15-10-18-30(23)25(31)27-19-11-4-6-13-21(19)28-16-8-3-9-17-28/h4-7,11-14,23H,2-3,8-10,15-18H2,1H3,(H,27,31). The van der Waals surface area contributed by atoms with Crippen molar-refractivity contribution < 1.29 is 4.79 Å². The van der Waals surface area contributed by atoms with Gasteiger partial charge in [0.15, 0.2) is 0 Å². The number of carbonyl (C=O) groups is 1. The smallest absolute Gasteiger partial charge is 0.322 e. The molecule has 5 rings (SSSR count). The van der Waals surface area contributed by atoms with Crippen LogP contribution < -0.4 is 10.2 Å². The Labute approximate surface area is 183 Å². The minimum absolute atomic E-state index is 0.00880. The van der Waals surface area contributed by atoms with Gasteiger partial charge in [0.2, 0.25) is 0 Å². The van der Waals surface area contributed by atoms with Crippen molar-refractivity contribution in [2.75, 3.05) is 29.9 Å². The first-order valence-electron chi connectivity index (χ1n) is 11.6. The molecule has 2 aliphatic heterocycles. The molecule has 0 saturated carbocycles. The van der Waals surface area contributed by atoms with Crippen LogP contribution in [0.25, 0.3) is 11.0 Å². The number of aromatic nitrogens is 2. The Morgan fingerprint density at radius 3 is 2.61 bits per heavy atom. The van der Waals surface area contributed by atoms with Crippen LogP contribution in [-0.2, 0) is 6.54 Å². The fraction of sp³-hybridized carbons (Fsp3) is 0.440. The number of anilines is 2. The van der Waals surface area contributed by atoms with Crippen molar-refractivity contribution >= 4 is 28.4 Å². The Morgan fingerprint density at radius 1 is 1.00 bits per heavy atom. The van der Waals surface area contributed by atoms with Gasteiger partial charge in [-0.25, -0.2) is 9.78 Å². The lowest BCUT2D eigenvalue weighted by molar-refractivity contribution is 0.204. The van der Waals surface area contributed by atoms with E-state index >= 15 is 0 Å². The number of likely N-dealkylation sites (tertiary alicyclic amines) is 1. The second-order valence-electron chi connectivity index (χ2n) is 8.55. The minimum Gasteiger partial charge on any atom is -0.370 e. The number of nitrogens with zero attached hydrogens (tertiary/aromatic N) is 4. The Bertz CT molecular complexity index is 1070. The van der Waals surface area contributed by atoms with Gasteiger partial charge >= 0.3 is 6.03 Å². The normalized spacial score (nSPS) is 19.2. The highest BCUT2D eigenvalue weighted by molar-refractivity contribution is 5.93. The molecule has 2 fully saturated rings. The molecule has 1 aromatic heterocycles. The molecule has 1 atom stereocenters. The van der Waals surface area contributed by atoms with Crippen LogP contribution in [0.2, 0.25) is 0 Å². The molecule has 0 bridgehead atoms. The van der Waals surface area contributed by atoms with E-state index in [0.29, 0.717) is 0 Å². The van der Waals surface area contributed by atoms with E-state index < -0.39 is 0 Å². The summed E-state index contributed by atoms with van der Waals surface area (Å²) >= 11 is 0. The van der Waals surface area contributed by atoms with E-state index in [1.807, 2.05) is 23.1 Å².